The number of halogens is 1. The van der Waals surface area contributed by atoms with Crippen molar-refractivity contribution in [3.05, 3.63) is 76.5 Å². The molecule has 2 heterocycles. The van der Waals surface area contributed by atoms with Gasteiger partial charge in [0.2, 0.25) is 0 Å². The van der Waals surface area contributed by atoms with E-state index in [2.05, 4.69) is 67.3 Å². The van der Waals surface area contributed by atoms with E-state index in [1.807, 2.05) is 11.8 Å². The fraction of sp³-hybridized carbons (Fsp3) is 0.348. The van der Waals surface area contributed by atoms with Gasteiger partial charge in [-0.25, -0.2) is 0 Å². The van der Waals surface area contributed by atoms with E-state index in [-0.39, 0.29) is 17.0 Å². The van der Waals surface area contributed by atoms with Gasteiger partial charge in [-0.15, -0.1) is 17.0 Å². The molecule has 2 aliphatic rings. The first kappa shape index (κ1) is 20.2. The molecule has 2 aromatic carbocycles. The Kier molecular flexibility index (Phi) is 6.83. The maximum atomic E-state index is 4.91. The molecule has 0 atom stereocenters. The van der Waals surface area contributed by atoms with Crippen LogP contribution < -0.4 is 0 Å². The molecule has 142 valence electrons. The number of hydrogen-bond donors (Lipinski definition) is 0. The molecule has 0 spiro atoms. The largest absolute Gasteiger partial charge is 0.323 e. The second-order valence-corrected chi connectivity index (χ2v) is 8.26. The van der Waals surface area contributed by atoms with Crippen molar-refractivity contribution in [1.29, 1.82) is 0 Å². The third-order valence-electron chi connectivity index (χ3n) is 5.11. The summed E-state index contributed by atoms with van der Waals surface area (Å²) in [7, 11) is 0. The van der Waals surface area contributed by atoms with Gasteiger partial charge in [-0.2, -0.15) is 0 Å². The SMILES string of the molecule is Br.Cc1ccc(CC2=C(c3ccc(C)cc3)SC3=NCCCCCN32)cc1. The Balaban J connectivity index is 0.00000210. The Morgan fingerprint density at radius 3 is 2.26 bits per heavy atom. The lowest BCUT2D eigenvalue weighted by molar-refractivity contribution is 0.470. The number of rotatable bonds is 3. The Morgan fingerprint density at radius 1 is 0.889 bits per heavy atom. The van der Waals surface area contributed by atoms with E-state index in [0.29, 0.717) is 0 Å². The molecule has 2 aliphatic heterocycles. The van der Waals surface area contributed by atoms with Gasteiger partial charge in [0, 0.05) is 30.1 Å². The van der Waals surface area contributed by atoms with Crippen molar-refractivity contribution in [3.63, 3.8) is 0 Å². The molecule has 0 amide bonds. The van der Waals surface area contributed by atoms with Crippen molar-refractivity contribution in [2.45, 2.75) is 39.5 Å². The fourth-order valence-electron chi connectivity index (χ4n) is 3.53. The number of fused-ring (bicyclic) bond motifs is 1. The highest BCUT2D eigenvalue weighted by Gasteiger charge is 2.30. The lowest BCUT2D eigenvalue weighted by Gasteiger charge is -2.24. The first-order chi connectivity index (χ1) is 12.7. The molecule has 0 fully saturated rings. The van der Waals surface area contributed by atoms with Crippen molar-refractivity contribution in [3.8, 4) is 0 Å². The second-order valence-electron chi connectivity index (χ2n) is 7.28. The quantitative estimate of drug-likeness (QED) is 0.547. The highest BCUT2D eigenvalue weighted by molar-refractivity contribution is 8.93. The lowest BCUT2D eigenvalue weighted by atomic mass is 10.0. The molecule has 0 saturated heterocycles. The van der Waals surface area contributed by atoms with Gasteiger partial charge in [0.25, 0.3) is 0 Å². The van der Waals surface area contributed by atoms with Crippen LogP contribution in [0.2, 0.25) is 0 Å². The van der Waals surface area contributed by atoms with E-state index in [1.54, 1.807) is 0 Å². The van der Waals surface area contributed by atoms with Gasteiger partial charge in [0.1, 0.15) is 0 Å². The van der Waals surface area contributed by atoms with Crippen LogP contribution in [-0.4, -0.2) is 23.2 Å². The summed E-state index contributed by atoms with van der Waals surface area (Å²) in [4.78, 5) is 8.77. The summed E-state index contributed by atoms with van der Waals surface area (Å²) in [6.07, 6.45) is 4.70. The highest BCUT2D eigenvalue weighted by atomic mass is 79.9. The van der Waals surface area contributed by atoms with Gasteiger partial charge in [0.05, 0.1) is 0 Å². The Labute approximate surface area is 177 Å². The van der Waals surface area contributed by atoms with Crippen LogP contribution in [0.15, 0.2) is 59.2 Å². The van der Waals surface area contributed by atoms with E-state index < -0.39 is 0 Å². The molecule has 2 aromatic rings. The van der Waals surface area contributed by atoms with Gasteiger partial charge >= 0.3 is 0 Å². The average Bonchev–Trinajstić information content (AvgIpc) is 2.94. The smallest absolute Gasteiger partial charge is 0.168 e. The summed E-state index contributed by atoms with van der Waals surface area (Å²) >= 11 is 1.86. The van der Waals surface area contributed by atoms with Crippen molar-refractivity contribution >= 4 is 38.8 Å². The Hall–Kier alpha value is -1.52. The molecule has 4 heteroatoms. The summed E-state index contributed by atoms with van der Waals surface area (Å²) < 4.78 is 0. The molecule has 4 rings (SSSR count). The number of benzene rings is 2. The Morgan fingerprint density at radius 2 is 1.56 bits per heavy atom. The van der Waals surface area contributed by atoms with Crippen LogP contribution in [0, 0.1) is 13.8 Å². The van der Waals surface area contributed by atoms with Gasteiger partial charge in [-0.1, -0.05) is 59.7 Å². The fourth-order valence-corrected chi connectivity index (χ4v) is 4.73. The number of thioether (sulfide) groups is 1. The predicted octanol–water partition coefficient (Wildman–Crippen LogP) is 6.38. The van der Waals surface area contributed by atoms with Gasteiger partial charge in [-0.3, -0.25) is 4.99 Å². The molecule has 0 aromatic heterocycles. The molecule has 0 radical (unpaired) electrons. The van der Waals surface area contributed by atoms with E-state index in [1.165, 1.54) is 57.3 Å². The first-order valence-corrected chi connectivity index (χ1v) is 10.4. The third kappa shape index (κ3) is 4.67. The molecule has 0 bridgehead atoms. The summed E-state index contributed by atoms with van der Waals surface area (Å²) in [6.45, 7) is 6.34. The van der Waals surface area contributed by atoms with Gasteiger partial charge in [0.15, 0.2) is 5.17 Å². The van der Waals surface area contributed by atoms with Crippen LogP contribution in [-0.2, 0) is 6.42 Å². The number of amidine groups is 1. The van der Waals surface area contributed by atoms with Crippen LogP contribution in [0.4, 0.5) is 0 Å². The van der Waals surface area contributed by atoms with Crippen molar-refractivity contribution < 1.29 is 0 Å². The first-order valence-electron chi connectivity index (χ1n) is 9.56. The third-order valence-corrected chi connectivity index (χ3v) is 6.31. The Bertz CT molecular complexity index is 838. The highest BCUT2D eigenvalue weighted by Crippen LogP contribution is 2.43. The van der Waals surface area contributed by atoms with Crippen LogP contribution in [0.3, 0.4) is 0 Å². The van der Waals surface area contributed by atoms with Gasteiger partial charge in [-0.05, 0) is 56.0 Å². The molecule has 0 unspecified atom stereocenters. The number of hydrogen-bond acceptors (Lipinski definition) is 3. The molecule has 27 heavy (non-hydrogen) atoms. The minimum absolute atomic E-state index is 0. The minimum atomic E-state index is 0. The molecular weight excluding hydrogens is 416 g/mol. The zero-order chi connectivity index (χ0) is 17.9. The number of aliphatic imine (C=N–C) groups is 1. The van der Waals surface area contributed by atoms with Gasteiger partial charge < -0.3 is 4.90 Å². The predicted molar refractivity (Wildman–Crippen MR) is 124 cm³/mol. The molecular formula is C23H27BrN2S. The van der Waals surface area contributed by atoms with Crippen LogP contribution in [0.25, 0.3) is 4.91 Å². The van der Waals surface area contributed by atoms with Crippen LogP contribution >= 0.6 is 28.7 Å². The summed E-state index contributed by atoms with van der Waals surface area (Å²) in [6, 6.07) is 17.9. The molecule has 2 nitrogen and oxygen atoms in total. The lowest BCUT2D eigenvalue weighted by Crippen LogP contribution is -2.28. The van der Waals surface area contributed by atoms with Crippen LogP contribution in [0.1, 0.15) is 41.5 Å². The molecule has 0 saturated carbocycles. The van der Waals surface area contributed by atoms with Crippen LogP contribution in [0.5, 0.6) is 0 Å². The normalized spacial score (nSPS) is 17.0. The summed E-state index contributed by atoms with van der Waals surface area (Å²) in [5, 5.41) is 1.20. The maximum absolute atomic E-state index is 4.91. The van der Waals surface area contributed by atoms with Crippen molar-refractivity contribution in [2.24, 2.45) is 4.99 Å². The second kappa shape index (κ2) is 9.11. The van der Waals surface area contributed by atoms with E-state index in [9.17, 15) is 0 Å². The van der Waals surface area contributed by atoms with Crippen molar-refractivity contribution in [2.75, 3.05) is 13.1 Å². The average molecular weight is 443 g/mol. The van der Waals surface area contributed by atoms with E-state index >= 15 is 0 Å². The zero-order valence-electron chi connectivity index (χ0n) is 16.1. The van der Waals surface area contributed by atoms with Crippen molar-refractivity contribution in [1.82, 2.24) is 4.90 Å². The standard InChI is InChI=1S/C23H26N2S.BrH/c1-17-6-10-19(11-7-17)16-21-22(20-12-8-18(2)9-13-20)26-23-24-14-4-3-5-15-25(21)23;/h6-13H,3-5,14-16H2,1-2H3;1H. The number of aryl methyl sites for hydroxylation is 2. The maximum Gasteiger partial charge on any atom is 0.168 e. The summed E-state index contributed by atoms with van der Waals surface area (Å²) in [5.41, 5.74) is 6.73. The van der Waals surface area contributed by atoms with E-state index in [4.69, 9.17) is 4.99 Å². The summed E-state index contributed by atoms with van der Waals surface area (Å²) in [5.74, 6) is 0. The van der Waals surface area contributed by atoms with E-state index in [0.717, 1.165) is 19.5 Å². The number of allylic oxidation sites excluding steroid dienone is 1. The zero-order valence-corrected chi connectivity index (χ0v) is 18.6. The molecule has 0 N–H and O–H groups in total. The topological polar surface area (TPSA) is 15.6 Å². The number of nitrogens with zero attached hydrogens (tertiary/aromatic N) is 2. The molecule has 0 aliphatic carbocycles. The monoisotopic (exact) mass is 442 g/mol. The minimum Gasteiger partial charge on any atom is -0.323 e.